The van der Waals surface area contributed by atoms with Gasteiger partial charge in [0.15, 0.2) is 5.16 Å². The van der Waals surface area contributed by atoms with Crippen molar-refractivity contribution < 1.29 is 4.79 Å². The van der Waals surface area contributed by atoms with Gasteiger partial charge in [0.2, 0.25) is 5.91 Å². The van der Waals surface area contributed by atoms with Gasteiger partial charge in [-0.3, -0.25) is 4.79 Å². The molecular weight excluding hydrogens is 260 g/mol. The van der Waals surface area contributed by atoms with E-state index in [2.05, 4.69) is 15.3 Å². The van der Waals surface area contributed by atoms with Crippen molar-refractivity contribution in [3.8, 4) is 0 Å². The molecule has 98 valence electrons. The van der Waals surface area contributed by atoms with E-state index < -0.39 is 0 Å². The van der Waals surface area contributed by atoms with Crippen LogP contribution in [0.5, 0.6) is 0 Å². The number of rotatable bonds is 4. The molecule has 0 aliphatic rings. The first-order valence-corrected chi connectivity index (χ1v) is 6.69. The molecule has 1 aromatic heterocycles. The van der Waals surface area contributed by atoms with Gasteiger partial charge in [0.25, 0.3) is 0 Å². The Labute approximate surface area is 115 Å². The number of nitrogen functional groups attached to an aromatic ring is 1. The summed E-state index contributed by atoms with van der Waals surface area (Å²) in [7, 11) is 0. The van der Waals surface area contributed by atoms with Gasteiger partial charge in [0.1, 0.15) is 0 Å². The van der Waals surface area contributed by atoms with Gasteiger partial charge in [0.05, 0.1) is 17.1 Å². The molecule has 0 atom stereocenters. The molecule has 0 aliphatic heterocycles. The Morgan fingerprint density at radius 3 is 2.68 bits per heavy atom. The molecular formula is C13H14N4OS. The number of carbonyl (C=O) groups excluding carboxylic acids is 1. The van der Waals surface area contributed by atoms with Crippen LogP contribution in [0.4, 0.5) is 11.4 Å². The summed E-state index contributed by atoms with van der Waals surface area (Å²) in [5.74, 6) is 0.115. The van der Waals surface area contributed by atoms with Crippen LogP contribution in [-0.2, 0) is 4.79 Å². The van der Waals surface area contributed by atoms with E-state index in [0.29, 0.717) is 16.5 Å². The lowest BCUT2D eigenvalue weighted by molar-refractivity contribution is -0.113. The van der Waals surface area contributed by atoms with Crippen molar-refractivity contribution >= 4 is 29.0 Å². The van der Waals surface area contributed by atoms with Gasteiger partial charge in [-0.1, -0.05) is 23.9 Å². The van der Waals surface area contributed by atoms with Crippen LogP contribution < -0.4 is 11.1 Å². The van der Waals surface area contributed by atoms with Gasteiger partial charge in [0, 0.05) is 12.4 Å². The molecule has 0 saturated carbocycles. The number of carbonyl (C=O) groups is 1. The monoisotopic (exact) mass is 274 g/mol. The first kappa shape index (κ1) is 13.4. The number of nitrogens with two attached hydrogens (primary N) is 1. The van der Waals surface area contributed by atoms with E-state index >= 15 is 0 Å². The number of aromatic nitrogens is 2. The number of hydrogen-bond acceptors (Lipinski definition) is 5. The van der Waals surface area contributed by atoms with Crippen LogP contribution >= 0.6 is 11.8 Å². The lowest BCUT2D eigenvalue weighted by Crippen LogP contribution is -2.15. The van der Waals surface area contributed by atoms with Crippen LogP contribution in [0.15, 0.2) is 41.8 Å². The van der Waals surface area contributed by atoms with Crippen LogP contribution in [0.25, 0.3) is 0 Å². The Morgan fingerprint density at radius 2 is 2.00 bits per heavy atom. The third kappa shape index (κ3) is 3.96. The summed E-state index contributed by atoms with van der Waals surface area (Å²) >= 11 is 1.29. The van der Waals surface area contributed by atoms with Crippen molar-refractivity contribution in [2.24, 2.45) is 0 Å². The molecule has 0 spiro atoms. The normalized spacial score (nSPS) is 10.2. The fourth-order valence-electron chi connectivity index (χ4n) is 1.38. The number of aryl methyl sites for hydroxylation is 1. The molecule has 3 N–H and O–H groups in total. The van der Waals surface area contributed by atoms with Crippen LogP contribution in [-0.4, -0.2) is 21.6 Å². The highest BCUT2D eigenvalue weighted by Crippen LogP contribution is 2.18. The second-order valence-electron chi connectivity index (χ2n) is 3.97. The Bertz CT molecular complexity index is 571. The smallest absolute Gasteiger partial charge is 0.234 e. The van der Waals surface area contributed by atoms with Gasteiger partial charge < -0.3 is 11.1 Å². The van der Waals surface area contributed by atoms with Crippen molar-refractivity contribution in [2.45, 2.75) is 12.1 Å². The lowest BCUT2D eigenvalue weighted by Gasteiger charge is -2.07. The molecule has 19 heavy (non-hydrogen) atoms. The number of amides is 1. The number of hydrogen-bond donors (Lipinski definition) is 2. The molecule has 5 nitrogen and oxygen atoms in total. The van der Waals surface area contributed by atoms with Crippen molar-refractivity contribution in [1.29, 1.82) is 0 Å². The highest BCUT2D eigenvalue weighted by molar-refractivity contribution is 7.99. The zero-order valence-electron chi connectivity index (χ0n) is 10.5. The number of anilines is 2. The van der Waals surface area contributed by atoms with E-state index in [1.54, 1.807) is 24.5 Å². The number of benzene rings is 1. The maximum atomic E-state index is 11.8. The first-order valence-electron chi connectivity index (χ1n) is 5.71. The van der Waals surface area contributed by atoms with Crippen molar-refractivity contribution in [3.05, 3.63) is 42.2 Å². The number of nitrogens with zero attached hydrogens (tertiary/aromatic N) is 2. The van der Waals surface area contributed by atoms with E-state index in [9.17, 15) is 4.79 Å². The average molecular weight is 274 g/mol. The Kier molecular flexibility index (Phi) is 4.35. The quantitative estimate of drug-likeness (QED) is 0.507. The Morgan fingerprint density at radius 1 is 1.32 bits per heavy atom. The largest absolute Gasteiger partial charge is 0.397 e. The molecule has 6 heteroatoms. The first-order chi connectivity index (χ1) is 9.15. The van der Waals surface area contributed by atoms with Crippen molar-refractivity contribution in [1.82, 2.24) is 9.97 Å². The highest BCUT2D eigenvalue weighted by Gasteiger charge is 2.06. The second-order valence-corrected chi connectivity index (χ2v) is 4.91. The summed E-state index contributed by atoms with van der Waals surface area (Å²) < 4.78 is 0. The van der Waals surface area contributed by atoms with Crippen molar-refractivity contribution in [3.63, 3.8) is 0 Å². The van der Waals surface area contributed by atoms with Gasteiger partial charge in [-0.25, -0.2) is 9.97 Å². The van der Waals surface area contributed by atoms with Crippen molar-refractivity contribution in [2.75, 3.05) is 16.8 Å². The number of thioether (sulfide) groups is 1. The Balaban J connectivity index is 1.88. The molecule has 0 bridgehead atoms. The summed E-state index contributed by atoms with van der Waals surface area (Å²) in [6.07, 6.45) is 3.45. The SMILES string of the molecule is Cc1cnc(SCC(=O)Nc2ccccc2N)nc1. The second kappa shape index (κ2) is 6.19. The fourth-order valence-corrected chi connectivity index (χ4v) is 1.97. The van der Waals surface area contributed by atoms with Gasteiger partial charge in [-0.15, -0.1) is 0 Å². The van der Waals surface area contributed by atoms with Gasteiger partial charge in [-0.05, 0) is 24.6 Å². The third-order valence-electron chi connectivity index (χ3n) is 2.32. The highest BCUT2D eigenvalue weighted by atomic mass is 32.2. The van der Waals surface area contributed by atoms with E-state index in [1.165, 1.54) is 11.8 Å². The molecule has 1 amide bonds. The van der Waals surface area contributed by atoms with Crippen LogP contribution in [0.3, 0.4) is 0 Å². The van der Waals surface area contributed by atoms with Crippen LogP contribution in [0.2, 0.25) is 0 Å². The minimum Gasteiger partial charge on any atom is -0.397 e. The summed E-state index contributed by atoms with van der Waals surface area (Å²) in [5.41, 5.74) is 7.91. The summed E-state index contributed by atoms with van der Waals surface area (Å²) in [5, 5.41) is 3.34. The van der Waals surface area contributed by atoms with Gasteiger partial charge in [-0.2, -0.15) is 0 Å². The fraction of sp³-hybridized carbons (Fsp3) is 0.154. The maximum Gasteiger partial charge on any atom is 0.234 e. The number of para-hydroxylation sites is 2. The average Bonchev–Trinajstić information content (AvgIpc) is 2.41. The van der Waals surface area contributed by atoms with Crippen LogP contribution in [0.1, 0.15) is 5.56 Å². The Hall–Kier alpha value is -2.08. The third-order valence-corrected chi connectivity index (χ3v) is 3.20. The zero-order valence-corrected chi connectivity index (χ0v) is 11.3. The minimum atomic E-state index is -0.132. The zero-order chi connectivity index (χ0) is 13.7. The standard InChI is InChI=1S/C13H14N4OS/c1-9-6-15-13(16-7-9)19-8-12(18)17-11-5-3-2-4-10(11)14/h2-7H,8,14H2,1H3,(H,17,18). The lowest BCUT2D eigenvalue weighted by atomic mass is 10.3. The molecule has 0 saturated heterocycles. The summed E-state index contributed by atoms with van der Waals surface area (Å²) in [6, 6.07) is 7.15. The minimum absolute atomic E-state index is 0.132. The number of nitrogens with one attached hydrogen (secondary N) is 1. The summed E-state index contributed by atoms with van der Waals surface area (Å²) in [4.78, 5) is 20.0. The maximum absolute atomic E-state index is 11.8. The van der Waals surface area contributed by atoms with E-state index in [1.807, 2.05) is 19.1 Å². The predicted molar refractivity (Wildman–Crippen MR) is 77.0 cm³/mol. The molecule has 1 heterocycles. The molecule has 0 radical (unpaired) electrons. The molecule has 0 unspecified atom stereocenters. The molecule has 2 rings (SSSR count). The molecule has 0 aliphatic carbocycles. The van der Waals surface area contributed by atoms with E-state index in [4.69, 9.17) is 5.73 Å². The summed E-state index contributed by atoms with van der Waals surface area (Å²) in [6.45, 7) is 1.92. The predicted octanol–water partition coefficient (Wildman–Crippen LogP) is 2.10. The molecule has 0 fully saturated rings. The van der Waals surface area contributed by atoms with Crippen LogP contribution in [0, 0.1) is 6.92 Å². The molecule has 2 aromatic rings. The molecule has 1 aromatic carbocycles. The van der Waals surface area contributed by atoms with E-state index in [0.717, 1.165) is 5.56 Å². The topological polar surface area (TPSA) is 80.9 Å². The van der Waals surface area contributed by atoms with Gasteiger partial charge >= 0.3 is 0 Å². The van der Waals surface area contributed by atoms with E-state index in [-0.39, 0.29) is 11.7 Å².